The van der Waals surface area contributed by atoms with Crippen LogP contribution in [0, 0.1) is 6.92 Å². The Labute approximate surface area is 215 Å². The molecule has 5 nitrogen and oxygen atoms in total. The molecular formula is C27H31INO4P. The molecule has 2 aromatic carbocycles. The zero-order valence-electron chi connectivity index (χ0n) is 19.7. The fraction of sp³-hybridized carbons (Fsp3) is 0.333. The van der Waals surface area contributed by atoms with E-state index < -0.39 is 12.7 Å². The molecule has 0 saturated carbocycles. The maximum absolute atomic E-state index is 14.6. The van der Waals surface area contributed by atoms with Crippen LogP contribution in [0.1, 0.15) is 64.4 Å². The lowest BCUT2D eigenvalue weighted by atomic mass is 9.94. The number of carbonyl (C=O) groups is 2. The zero-order valence-corrected chi connectivity index (χ0v) is 22.7. The van der Waals surface area contributed by atoms with Gasteiger partial charge in [0.2, 0.25) is 12.7 Å². The zero-order chi connectivity index (χ0) is 24.6. The van der Waals surface area contributed by atoms with Crippen LogP contribution in [0.15, 0.2) is 66.0 Å². The monoisotopic (exact) mass is 591 g/mol. The van der Waals surface area contributed by atoms with Crippen molar-refractivity contribution in [1.82, 2.24) is 3.53 Å². The van der Waals surface area contributed by atoms with Gasteiger partial charge < -0.3 is 9.30 Å². The van der Waals surface area contributed by atoms with Gasteiger partial charge in [0.05, 0.1) is 0 Å². The van der Waals surface area contributed by atoms with Crippen LogP contribution in [-0.2, 0) is 15.8 Å². The van der Waals surface area contributed by atoms with Gasteiger partial charge in [-0.1, -0.05) is 74.0 Å². The molecule has 0 aromatic heterocycles. The quantitative estimate of drug-likeness (QED) is 0.100. The molecule has 2 aromatic rings. The van der Waals surface area contributed by atoms with Gasteiger partial charge in [-0.05, 0) is 37.3 Å². The van der Waals surface area contributed by atoms with Crippen molar-refractivity contribution in [3.8, 4) is 0 Å². The highest BCUT2D eigenvalue weighted by Gasteiger charge is 2.39. The van der Waals surface area contributed by atoms with E-state index in [1.165, 1.54) is 0 Å². The number of Topliss-reactive ketones (excluding diaryl/α,β-unsaturated/α-hetero) is 1. The van der Waals surface area contributed by atoms with E-state index in [4.69, 9.17) is 4.74 Å². The molecule has 0 amide bonds. The lowest BCUT2D eigenvalue weighted by Crippen LogP contribution is -2.20. The van der Waals surface area contributed by atoms with Gasteiger partial charge in [-0.3, -0.25) is 13.1 Å². The molecule has 34 heavy (non-hydrogen) atoms. The highest BCUT2D eigenvalue weighted by atomic mass is 127. The van der Waals surface area contributed by atoms with Crippen molar-refractivity contribution in [2.45, 2.75) is 46.1 Å². The Hall–Kier alpha value is -1.86. The number of rotatable bonds is 12. The van der Waals surface area contributed by atoms with Crippen molar-refractivity contribution in [1.29, 1.82) is 0 Å². The minimum Gasteiger partial charge on any atom is -0.373 e. The minimum absolute atomic E-state index is 0.0447. The minimum atomic E-state index is -3.62. The van der Waals surface area contributed by atoms with Gasteiger partial charge in [0.15, 0.2) is 5.78 Å². The second-order valence-corrected chi connectivity index (χ2v) is 11.7. The summed E-state index contributed by atoms with van der Waals surface area (Å²) in [4.78, 5) is 27.2. The summed E-state index contributed by atoms with van der Waals surface area (Å²) in [5, 5.41) is 1.06. The van der Waals surface area contributed by atoms with Gasteiger partial charge in [-0.2, -0.15) is 0 Å². The third-order valence-corrected chi connectivity index (χ3v) is 9.22. The standard InChI is InChI=1S/C27H31INO4P/c1-3-4-17-33-19-25(30)26-20(2)24(16-15-21(26)18-29-28)27(31)34(32,22-11-7-5-8-12-22)23-13-9-6-10-14-23/h5,7-9,11-16,29H,3-4,6,10,17-19H2,1-2H3. The van der Waals surface area contributed by atoms with Gasteiger partial charge in [-0.25, -0.2) is 0 Å². The van der Waals surface area contributed by atoms with Crippen molar-refractivity contribution >= 4 is 46.6 Å². The maximum atomic E-state index is 14.6. The number of ether oxygens (including phenoxy) is 1. The predicted octanol–water partition coefficient (Wildman–Crippen LogP) is 6.50. The van der Waals surface area contributed by atoms with Crippen molar-refractivity contribution in [2.24, 2.45) is 0 Å². The molecular weight excluding hydrogens is 560 g/mol. The fourth-order valence-electron chi connectivity index (χ4n) is 4.11. The molecule has 1 unspecified atom stereocenters. The third kappa shape index (κ3) is 5.85. The number of halogens is 1. The van der Waals surface area contributed by atoms with E-state index >= 15 is 0 Å². The smallest absolute Gasteiger partial charge is 0.230 e. The fourth-order valence-corrected chi connectivity index (χ4v) is 7.17. The Morgan fingerprint density at radius 1 is 1.12 bits per heavy atom. The first kappa shape index (κ1) is 26.7. The van der Waals surface area contributed by atoms with Crippen LogP contribution < -0.4 is 8.83 Å². The van der Waals surface area contributed by atoms with Crippen LogP contribution in [0.25, 0.3) is 0 Å². The number of benzene rings is 2. The summed E-state index contributed by atoms with van der Waals surface area (Å²) in [5.41, 5.74) is 1.69. The Bertz CT molecular complexity index is 1140. The third-order valence-electron chi connectivity index (χ3n) is 5.94. The number of carbonyl (C=O) groups excluding carboxylic acids is 2. The van der Waals surface area contributed by atoms with E-state index in [1.54, 1.807) is 43.3 Å². The average molecular weight is 591 g/mol. The van der Waals surface area contributed by atoms with Crippen LogP contribution in [0.3, 0.4) is 0 Å². The Morgan fingerprint density at radius 3 is 2.53 bits per heavy atom. The summed E-state index contributed by atoms with van der Waals surface area (Å²) in [6.45, 7) is 4.77. The van der Waals surface area contributed by atoms with Crippen molar-refractivity contribution in [2.75, 3.05) is 13.2 Å². The molecule has 180 valence electrons. The molecule has 0 radical (unpaired) electrons. The summed E-state index contributed by atoms with van der Waals surface area (Å²) in [6, 6.07) is 12.4. The first-order valence-electron chi connectivity index (χ1n) is 11.6. The van der Waals surface area contributed by atoms with Crippen molar-refractivity contribution in [3.63, 3.8) is 0 Å². The van der Waals surface area contributed by atoms with Crippen molar-refractivity contribution in [3.05, 3.63) is 88.3 Å². The molecule has 7 heteroatoms. The van der Waals surface area contributed by atoms with Crippen LogP contribution in [-0.4, -0.2) is 24.5 Å². The van der Waals surface area contributed by atoms with E-state index in [-0.39, 0.29) is 12.4 Å². The molecule has 0 fully saturated rings. The van der Waals surface area contributed by atoms with Gasteiger partial charge in [0.1, 0.15) is 6.61 Å². The van der Waals surface area contributed by atoms with Gasteiger partial charge in [-0.15, -0.1) is 0 Å². The van der Waals surface area contributed by atoms with Crippen LogP contribution in [0.5, 0.6) is 0 Å². The molecule has 0 spiro atoms. The molecule has 1 aliphatic carbocycles. The van der Waals surface area contributed by atoms with Gasteiger partial charge in [0, 0.05) is 57.8 Å². The Morgan fingerprint density at radius 2 is 1.88 bits per heavy atom. The van der Waals surface area contributed by atoms with Crippen molar-refractivity contribution < 1.29 is 18.9 Å². The summed E-state index contributed by atoms with van der Waals surface area (Å²) in [6.07, 6.45) is 9.16. The Kier molecular flexibility index (Phi) is 10.0. The summed E-state index contributed by atoms with van der Waals surface area (Å²) >= 11 is 2.04. The molecule has 0 heterocycles. The van der Waals surface area contributed by atoms with Crippen LogP contribution >= 0.6 is 30.0 Å². The number of hydrogen-bond donors (Lipinski definition) is 1. The molecule has 1 atom stereocenters. The largest absolute Gasteiger partial charge is 0.373 e. The van der Waals surface area contributed by atoms with E-state index in [0.29, 0.717) is 40.5 Å². The van der Waals surface area contributed by atoms with E-state index in [9.17, 15) is 14.2 Å². The number of unbranched alkanes of at least 4 members (excludes halogenated alkanes) is 1. The second kappa shape index (κ2) is 12.7. The summed E-state index contributed by atoms with van der Waals surface area (Å²) in [5.74, 6) is -0.170. The molecule has 1 N–H and O–H groups in total. The number of allylic oxidation sites excluding steroid dienone is 4. The first-order chi connectivity index (χ1) is 16.4. The van der Waals surface area contributed by atoms with E-state index in [2.05, 4.69) is 10.5 Å². The molecule has 1 aliphatic rings. The molecule has 0 aliphatic heterocycles. The SMILES string of the molecule is CCCCOCC(=O)c1c(CNI)ccc(C(=O)P(=O)(C2=CCCC=C2)c2ccccc2)c1C. The van der Waals surface area contributed by atoms with Crippen LogP contribution in [0.2, 0.25) is 0 Å². The number of nitrogens with one attached hydrogen (secondary N) is 1. The second-order valence-electron chi connectivity index (χ2n) is 8.27. The molecule has 0 bridgehead atoms. The normalized spacial score (nSPS) is 15.0. The van der Waals surface area contributed by atoms with E-state index in [1.807, 2.05) is 47.2 Å². The number of hydrogen-bond acceptors (Lipinski definition) is 5. The van der Waals surface area contributed by atoms with Gasteiger partial charge >= 0.3 is 0 Å². The topological polar surface area (TPSA) is 72.5 Å². The maximum Gasteiger partial charge on any atom is 0.230 e. The lowest BCUT2D eigenvalue weighted by molar-refractivity contribution is 0.0753. The highest BCUT2D eigenvalue weighted by Crippen LogP contribution is 2.57. The van der Waals surface area contributed by atoms with E-state index in [0.717, 1.165) is 31.2 Å². The Balaban J connectivity index is 2.09. The number of ketones is 1. The first-order valence-corrected chi connectivity index (χ1v) is 14.4. The lowest BCUT2D eigenvalue weighted by Gasteiger charge is -2.23. The average Bonchev–Trinajstić information content (AvgIpc) is 2.87. The summed E-state index contributed by atoms with van der Waals surface area (Å²) in [7, 11) is -3.62. The molecule has 0 saturated heterocycles. The van der Waals surface area contributed by atoms with Gasteiger partial charge in [0.25, 0.3) is 0 Å². The highest BCUT2D eigenvalue weighted by molar-refractivity contribution is 14.1. The predicted molar refractivity (Wildman–Crippen MR) is 147 cm³/mol. The summed E-state index contributed by atoms with van der Waals surface area (Å²) < 4.78 is 23.2. The van der Waals surface area contributed by atoms with Crippen LogP contribution in [0.4, 0.5) is 0 Å². The molecule has 3 rings (SSSR count).